The third kappa shape index (κ3) is 2.02. The molecule has 2 heterocycles. The molecule has 0 fully saturated rings. The number of aromatic nitrogens is 3. The van der Waals surface area contributed by atoms with Crippen molar-refractivity contribution in [2.45, 2.75) is 6.61 Å². The third-order valence-electron chi connectivity index (χ3n) is 1.35. The molecule has 0 aliphatic heterocycles. The summed E-state index contributed by atoms with van der Waals surface area (Å²) in [6, 6.07) is 0. The SMILES string of the molecule is [c]1nc(OCc2cnccn2)co1. The van der Waals surface area contributed by atoms with E-state index in [-0.39, 0.29) is 0 Å². The summed E-state index contributed by atoms with van der Waals surface area (Å²) in [7, 11) is 0. The van der Waals surface area contributed by atoms with Gasteiger partial charge in [-0.3, -0.25) is 9.97 Å². The fourth-order valence-electron chi connectivity index (χ4n) is 0.793. The van der Waals surface area contributed by atoms with Crippen LogP contribution in [-0.2, 0) is 6.61 Å². The van der Waals surface area contributed by atoms with Crippen LogP contribution < -0.4 is 4.74 Å². The van der Waals surface area contributed by atoms with E-state index in [2.05, 4.69) is 25.8 Å². The summed E-state index contributed by atoms with van der Waals surface area (Å²) in [4.78, 5) is 11.6. The van der Waals surface area contributed by atoms with E-state index in [1.807, 2.05) is 0 Å². The van der Waals surface area contributed by atoms with Crippen LogP contribution >= 0.6 is 0 Å². The maximum Gasteiger partial charge on any atom is 0.287 e. The van der Waals surface area contributed by atoms with Gasteiger partial charge in [-0.1, -0.05) is 0 Å². The van der Waals surface area contributed by atoms with Gasteiger partial charge in [-0.15, -0.1) is 0 Å². The van der Waals surface area contributed by atoms with Crippen molar-refractivity contribution >= 4 is 0 Å². The van der Waals surface area contributed by atoms with Crippen molar-refractivity contribution in [3.8, 4) is 5.88 Å². The topological polar surface area (TPSA) is 61.0 Å². The molecule has 65 valence electrons. The summed E-state index contributed by atoms with van der Waals surface area (Å²) in [6.45, 7) is 0.328. The third-order valence-corrected chi connectivity index (χ3v) is 1.35. The number of rotatable bonds is 3. The second-order valence-electron chi connectivity index (χ2n) is 2.26. The van der Waals surface area contributed by atoms with E-state index in [1.165, 1.54) is 6.26 Å². The van der Waals surface area contributed by atoms with Crippen LogP contribution in [0.15, 0.2) is 29.3 Å². The summed E-state index contributed by atoms with van der Waals surface area (Å²) >= 11 is 0. The van der Waals surface area contributed by atoms with E-state index < -0.39 is 0 Å². The van der Waals surface area contributed by atoms with Crippen molar-refractivity contribution in [3.05, 3.63) is 36.9 Å². The molecule has 0 aromatic carbocycles. The quantitative estimate of drug-likeness (QED) is 0.693. The molecule has 0 saturated heterocycles. The smallest absolute Gasteiger partial charge is 0.287 e. The largest absolute Gasteiger partial charge is 0.469 e. The Morgan fingerprint density at radius 3 is 3.15 bits per heavy atom. The molecular weight excluding hydrogens is 170 g/mol. The minimum Gasteiger partial charge on any atom is -0.469 e. The zero-order chi connectivity index (χ0) is 8.93. The van der Waals surface area contributed by atoms with Crippen LogP contribution in [0.3, 0.4) is 0 Å². The van der Waals surface area contributed by atoms with Crippen molar-refractivity contribution in [1.82, 2.24) is 15.0 Å². The summed E-state index contributed by atoms with van der Waals surface area (Å²) in [6.07, 6.45) is 8.49. The molecule has 0 amide bonds. The zero-order valence-corrected chi connectivity index (χ0v) is 6.67. The number of hydrogen-bond donors (Lipinski definition) is 0. The second kappa shape index (κ2) is 3.66. The van der Waals surface area contributed by atoms with Crippen LogP contribution in [0.25, 0.3) is 0 Å². The maximum atomic E-state index is 5.19. The molecule has 0 spiro atoms. The Labute approximate surface area is 74.4 Å². The number of hydrogen-bond acceptors (Lipinski definition) is 5. The minimum absolute atomic E-state index is 0.328. The molecule has 2 aromatic heterocycles. The predicted molar refractivity (Wildman–Crippen MR) is 41.7 cm³/mol. The van der Waals surface area contributed by atoms with E-state index in [4.69, 9.17) is 4.74 Å². The lowest BCUT2D eigenvalue weighted by molar-refractivity contribution is 0.288. The Bertz CT molecular complexity index is 347. The summed E-state index contributed by atoms with van der Waals surface area (Å²) in [5.41, 5.74) is 0.741. The highest BCUT2D eigenvalue weighted by molar-refractivity contribution is 5.00. The number of oxazole rings is 1. The first-order chi connectivity index (χ1) is 6.45. The van der Waals surface area contributed by atoms with Gasteiger partial charge >= 0.3 is 0 Å². The molecular formula is C8H6N3O2. The fourth-order valence-corrected chi connectivity index (χ4v) is 0.793. The summed E-state index contributed by atoms with van der Waals surface area (Å²) in [5, 5.41) is 0. The molecule has 0 saturated carbocycles. The molecule has 13 heavy (non-hydrogen) atoms. The van der Waals surface area contributed by atoms with Crippen molar-refractivity contribution in [1.29, 1.82) is 0 Å². The van der Waals surface area contributed by atoms with Crippen molar-refractivity contribution < 1.29 is 9.15 Å². The van der Waals surface area contributed by atoms with Gasteiger partial charge in [0.1, 0.15) is 6.61 Å². The highest BCUT2D eigenvalue weighted by atomic mass is 16.5. The molecule has 0 aliphatic carbocycles. The molecule has 0 atom stereocenters. The Morgan fingerprint density at radius 2 is 2.46 bits per heavy atom. The Morgan fingerprint density at radius 1 is 1.46 bits per heavy atom. The van der Waals surface area contributed by atoms with Crippen molar-refractivity contribution in [2.75, 3.05) is 0 Å². The average molecular weight is 176 g/mol. The minimum atomic E-state index is 0.328. The first-order valence-corrected chi connectivity index (χ1v) is 3.64. The molecule has 1 radical (unpaired) electrons. The highest BCUT2D eigenvalue weighted by Gasteiger charge is 1.98. The van der Waals surface area contributed by atoms with Crippen LogP contribution in [0.1, 0.15) is 5.69 Å². The standard InChI is InChI=1S/C8H6N3O2/c1-2-10-7(3-9-1)4-13-8-5-12-6-11-8/h1-3,5H,4H2. The molecule has 0 aliphatic rings. The summed E-state index contributed by atoms with van der Waals surface area (Å²) in [5.74, 6) is 0.394. The first-order valence-electron chi connectivity index (χ1n) is 3.64. The van der Waals surface area contributed by atoms with Crippen LogP contribution in [0, 0.1) is 6.39 Å². The molecule has 0 unspecified atom stereocenters. The van der Waals surface area contributed by atoms with Gasteiger partial charge in [0.05, 0.1) is 11.9 Å². The van der Waals surface area contributed by atoms with E-state index in [0.29, 0.717) is 12.5 Å². The van der Waals surface area contributed by atoms with Gasteiger partial charge in [0, 0.05) is 12.4 Å². The van der Waals surface area contributed by atoms with Crippen LogP contribution in [0.4, 0.5) is 0 Å². The van der Waals surface area contributed by atoms with Crippen LogP contribution in [0.2, 0.25) is 0 Å². The monoisotopic (exact) mass is 176 g/mol. The Hall–Kier alpha value is -1.91. The molecule has 2 aromatic rings. The molecule has 0 bridgehead atoms. The molecule has 0 N–H and O–H groups in total. The van der Waals surface area contributed by atoms with Gasteiger partial charge in [-0.25, -0.2) is 0 Å². The highest BCUT2D eigenvalue weighted by Crippen LogP contribution is 2.05. The number of ether oxygens (including phenoxy) is 1. The van der Waals surface area contributed by atoms with Gasteiger partial charge in [0.2, 0.25) is 0 Å². The predicted octanol–water partition coefficient (Wildman–Crippen LogP) is 0.844. The lowest BCUT2D eigenvalue weighted by atomic mass is 10.5. The second-order valence-corrected chi connectivity index (χ2v) is 2.26. The normalized spacial score (nSPS) is 9.85. The Balaban J connectivity index is 1.94. The first kappa shape index (κ1) is 7.72. The van der Waals surface area contributed by atoms with E-state index in [0.717, 1.165) is 5.69 Å². The van der Waals surface area contributed by atoms with Crippen LogP contribution in [0.5, 0.6) is 5.88 Å². The van der Waals surface area contributed by atoms with Gasteiger partial charge in [0.15, 0.2) is 6.26 Å². The molecule has 5 heteroatoms. The lowest BCUT2D eigenvalue weighted by Crippen LogP contribution is -1.98. The maximum absolute atomic E-state index is 5.19. The van der Waals surface area contributed by atoms with Gasteiger partial charge < -0.3 is 9.15 Å². The number of nitrogens with zero attached hydrogens (tertiary/aromatic N) is 3. The zero-order valence-electron chi connectivity index (χ0n) is 6.67. The van der Waals surface area contributed by atoms with E-state index in [1.54, 1.807) is 18.6 Å². The van der Waals surface area contributed by atoms with Gasteiger partial charge in [-0.2, -0.15) is 4.98 Å². The molecule has 5 nitrogen and oxygen atoms in total. The van der Waals surface area contributed by atoms with Crippen molar-refractivity contribution in [2.24, 2.45) is 0 Å². The Kier molecular flexibility index (Phi) is 2.18. The average Bonchev–Trinajstić information content (AvgIpc) is 2.69. The fraction of sp³-hybridized carbons (Fsp3) is 0.125. The van der Waals surface area contributed by atoms with Crippen molar-refractivity contribution in [3.63, 3.8) is 0 Å². The molecule has 2 rings (SSSR count). The van der Waals surface area contributed by atoms with Gasteiger partial charge in [0.25, 0.3) is 12.3 Å². The van der Waals surface area contributed by atoms with E-state index >= 15 is 0 Å². The van der Waals surface area contributed by atoms with Gasteiger partial charge in [-0.05, 0) is 0 Å². The van der Waals surface area contributed by atoms with Crippen LogP contribution in [-0.4, -0.2) is 15.0 Å². The lowest BCUT2D eigenvalue weighted by Gasteiger charge is -1.99. The van der Waals surface area contributed by atoms with E-state index in [9.17, 15) is 0 Å². The summed E-state index contributed by atoms with van der Waals surface area (Å²) < 4.78 is 9.80.